The summed E-state index contributed by atoms with van der Waals surface area (Å²) in [6.45, 7) is 6.48. The van der Waals surface area contributed by atoms with Gasteiger partial charge in [-0.05, 0) is 55.3 Å². The fraction of sp³-hybridized carbons (Fsp3) is 0.278. The number of esters is 1. The lowest BCUT2D eigenvalue weighted by Gasteiger charge is -2.26. The van der Waals surface area contributed by atoms with Gasteiger partial charge in [-0.15, -0.1) is 0 Å². The number of nitrogens with zero attached hydrogens (tertiary/aromatic N) is 3. The van der Waals surface area contributed by atoms with E-state index in [1.807, 2.05) is 73.7 Å². The van der Waals surface area contributed by atoms with Crippen molar-refractivity contribution in [3.63, 3.8) is 0 Å². The Morgan fingerprint density at radius 3 is 2.28 bits per heavy atom. The topological polar surface area (TPSA) is 109 Å². The van der Waals surface area contributed by atoms with Gasteiger partial charge in [0.05, 0.1) is 48.3 Å². The summed E-state index contributed by atoms with van der Waals surface area (Å²) >= 11 is 1.25. The highest BCUT2D eigenvalue weighted by Crippen LogP contribution is 2.35. The van der Waals surface area contributed by atoms with E-state index < -0.39 is 12.0 Å². The summed E-state index contributed by atoms with van der Waals surface area (Å²) in [7, 11) is 0. The maximum Gasteiger partial charge on any atom is 0.338 e. The molecule has 3 heterocycles. The predicted molar refractivity (Wildman–Crippen MR) is 178 cm³/mol. The number of ether oxygens (including phenoxy) is 4. The largest absolute Gasteiger partial charge is 0.494 e. The molecule has 1 amide bonds. The third kappa shape index (κ3) is 7.06. The number of hydrogen-bond acceptors (Lipinski definition) is 9. The van der Waals surface area contributed by atoms with Crippen LogP contribution in [0.4, 0.5) is 0 Å². The number of rotatable bonds is 10. The Morgan fingerprint density at radius 2 is 1.60 bits per heavy atom. The van der Waals surface area contributed by atoms with Gasteiger partial charge in [-0.3, -0.25) is 14.2 Å². The average molecular weight is 654 g/mol. The first-order valence-electron chi connectivity index (χ1n) is 15.6. The Labute approximate surface area is 275 Å². The van der Waals surface area contributed by atoms with Gasteiger partial charge >= 0.3 is 5.97 Å². The van der Waals surface area contributed by atoms with Crippen LogP contribution in [0.3, 0.4) is 0 Å². The van der Waals surface area contributed by atoms with Crippen LogP contribution >= 0.6 is 11.3 Å². The van der Waals surface area contributed by atoms with Crippen molar-refractivity contribution in [2.75, 3.05) is 46.1 Å². The summed E-state index contributed by atoms with van der Waals surface area (Å²) in [4.78, 5) is 47.3. The zero-order chi connectivity index (χ0) is 32.8. The van der Waals surface area contributed by atoms with E-state index in [9.17, 15) is 14.4 Å². The number of fused-ring (bicyclic) bond motifs is 1. The molecule has 0 saturated carbocycles. The van der Waals surface area contributed by atoms with Gasteiger partial charge in [-0.1, -0.05) is 65.9 Å². The number of amides is 1. The third-order valence-corrected chi connectivity index (χ3v) is 8.77. The van der Waals surface area contributed by atoms with Crippen molar-refractivity contribution in [3.8, 4) is 11.5 Å². The van der Waals surface area contributed by atoms with E-state index in [1.165, 1.54) is 11.3 Å². The molecule has 1 saturated heterocycles. The van der Waals surface area contributed by atoms with Crippen LogP contribution < -0.4 is 24.4 Å². The lowest BCUT2D eigenvalue weighted by Crippen LogP contribution is -2.42. The van der Waals surface area contributed by atoms with Crippen LogP contribution in [0.1, 0.15) is 36.6 Å². The monoisotopic (exact) mass is 653 g/mol. The fourth-order valence-electron chi connectivity index (χ4n) is 5.53. The normalized spacial score (nSPS) is 16.3. The number of benzene rings is 3. The highest BCUT2D eigenvalue weighted by molar-refractivity contribution is 7.07. The Kier molecular flexibility index (Phi) is 9.94. The number of carbonyl (C=O) groups excluding carboxylic acids is 2. The molecule has 6 rings (SSSR count). The van der Waals surface area contributed by atoms with Crippen LogP contribution in [0, 0.1) is 0 Å². The van der Waals surface area contributed by atoms with E-state index in [4.69, 9.17) is 23.9 Å². The predicted octanol–water partition coefficient (Wildman–Crippen LogP) is 3.57. The fourth-order valence-corrected chi connectivity index (χ4v) is 6.53. The highest BCUT2D eigenvalue weighted by atomic mass is 32.1. The number of carbonyl (C=O) groups is 2. The van der Waals surface area contributed by atoms with Gasteiger partial charge in [0.1, 0.15) is 11.5 Å². The number of aromatic nitrogens is 1. The zero-order valence-electron chi connectivity index (χ0n) is 26.2. The van der Waals surface area contributed by atoms with Crippen molar-refractivity contribution in [2.24, 2.45) is 4.99 Å². The molecular formula is C36H35N3O7S. The minimum Gasteiger partial charge on any atom is -0.494 e. The maximum absolute atomic E-state index is 14.1. The molecule has 242 valence electrons. The van der Waals surface area contributed by atoms with Crippen LogP contribution in [0.5, 0.6) is 11.5 Å². The van der Waals surface area contributed by atoms with Crippen molar-refractivity contribution in [1.82, 2.24) is 9.47 Å². The second kappa shape index (κ2) is 14.6. The minimum atomic E-state index is -0.780. The Hall–Kier alpha value is -5.00. The minimum absolute atomic E-state index is 0.0595. The average Bonchev–Trinajstić information content (AvgIpc) is 3.42. The van der Waals surface area contributed by atoms with Crippen LogP contribution in [-0.4, -0.2) is 67.5 Å². The summed E-state index contributed by atoms with van der Waals surface area (Å²) in [6, 6.07) is 23.2. The van der Waals surface area contributed by atoms with E-state index in [0.29, 0.717) is 59.4 Å². The standard InChI is InChI=1S/C36H35N3O7S/c1-3-44-27-16-12-26(13-17-27)33-31(35(42)45-4-2)32(25-8-6-5-7-9-25)37-36-39(33)34(41)29(47-36)22-24-10-14-28(15-11-24)46-23-30(40)38-18-20-43-21-19-38/h5-17,22,33H,3-4,18-21,23H2,1-2H3/b29-22-/t33-/m0/s1. The Morgan fingerprint density at radius 1 is 0.915 bits per heavy atom. The van der Waals surface area contributed by atoms with Gasteiger partial charge in [0.25, 0.3) is 11.5 Å². The van der Waals surface area contributed by atoms with Crippen molar-refractivity contribution >= 4 is 35.0 Å². The Balaban J connectivity index is 1.38. The summed E-state index contributed by atoms with van der Waals surface area (Å²) in [5, 5.41) is 0. The molecule has 1 fully saturated rings. The molecule has 2 aliphatic heterocycles. The molecular weight excluding hydrogens is 618 g/mol. The molecule has 2 aliphatic rings. The van der Waals surface area contributed by atoms with E-state index in [2.05, 4.69) is 0 Å². The molecule has 0 N–H and O–H groups in total. The summed E-state index contributed by atoms with van der Waals surface area (Å²) in [5.41, 5.74) is 2.70. The second-order valence-corrected chi connectivity index (χ2v) is 11.8. The van der Waals surface area contributed by atoms with Crippen molar-refractivity contribution in [1.29, 1.82) is 0 Å². The number of hydrogen-bond donors (Lipinski definition) is 0. The van der Waals surface area contributed by atoms with Crippen LogP contribution in [0.25, 0.3) is 11.8 Å². The first-order chi connectivity index (χ1) is 23.0. The molecule has 0 radical (unpaired) electrons. The number of thiazole rings is 1. The van der Waals surface area contributed by atoms with Gasteiger partial charge in [0, 0.05) is 18.7 Å². The van der Waals surface area contributed by atoms with Gasteiger partial charge < -0.3 is 23.8 Å². The van der Waals surface area contributed by atoms with Gasteiger partial charge in [-0.2, -0.15) is 0 Å². The zero-order valence-corrected chi connectivity index (χ0v) is 27.0. The molecule has 0 spiro atoms. The molecule has 3 aromatic carbocycles. The molecule has 47 heavy (non-hydrogen) atoms. The van der Waals surface area contributed by atoms with Gasteiger partial charge in [0.2, 0.25) is 0 Å². The maximum atomic E-state index is 14.1. The third-order valence-electron chi connectivity index (χ3n) is 7.78. The number of morpholine rings is 1. The van der Waals surface area contributed by atoms with Gasteiger partial charge in [-0.25, -0.2) is 9.79 Å². The molecule has 1 aromatic heterocycles. The lowest BCUT2D eigenvalue weighted by atomic mass is 9.93. The van der Waals surface area contributed by atoms with Crippen LogP contribution in [0.2, 0.25) is 0 Å². The SMILES string of the molecule is CCOC(=O)C1=C(c2ccccc2)N=c2s/c(=C\c3ccc(OCC(=O)N4CCOCC4)cc3)c(=O)n2[C@H]1c1ccc(OCC)cc1. The van der Waals surface area contributed by atoms with Crippen molar-refractivity contribution in [3.05, 3.63) is 121 Å². The van der Waals surface area contributed by atoms with Crippen LogP contribution in [0.15, 0.2) is 94.2 Å². The van der Waals surface area contributed by atoms with E-state index >= 15 is 0 Å². The highest BCUT2D eigenvalue weighted by Gasteiger charge is 2.35. The van der Waals surface area contributed by atoms with E-state index in [-0.39, 0.29) is 30.3 Å². The molecule has 0 bridgehead atoms. The van der Waals surface area contributed by atoms with Gasteiger partial charge in [0.15, 0.2) is 11.4 Å². The molecule has 1 atom stereocenters. The summed E-state index contributed by atoms with van der Waals surface area (Å²) in [6.07, 6.45) is 1.79. The summed E-state index contributed by atoms with van der Waals surface area (Å²) in [5.74, 6) is 0.613. The molecule has 4 aromatic rings. The van der Waals surface area contributed by atoms with Crippen molar-refractivity contribution < 1.29 is 28.5 Å². The van der Waals surface area contributed by atoms with E-state index in [1.54, 1.807) is 34.6 Å². The van der Waals surface area contributed by atoms with Crippen LogP contribution in [-0.2, 0) is 19.1 Å². The quantitative estimate of drug-likeness (QED) is 0.241. The van der Waals surface area contributed by atoms with E-state index in [0.717, 1.165) is 16.7 Å². The van der Waals surface area contributed by atoms with Crippen molar-refractivity contribution in [2.45, 2.75) is 19.9 Å². The second-order valence-electron chi connectivity index (χ2n) is 10.8. The molecule has 0 aliphatic carbocycles. The summed E-state index contributed by atoms with van der Waals surface area (Å²) < 4.78 is 24.3. The molecule has 10 nitrogen and oxygen atoms in total. The first-order valence-corrected chi connectivity index (χ1v) is 16.4. The molecule has 11 heteroatoms. The lowest BCUT2D eigenvalue weighted by molar-refractivity contribution is -0.139. The first kappa shape index (κ1) is 32.0. The smallest absolute Gasteiger partial charge is 0.338 e. The molecule has 0 unspecified atom stereocenters. The Bertz CT molecular complexity index is 1940.